The maximum Gasteiger partial charge on any atom is 0.115 e. The number of rotatable bonds is 1. The standard InChI is InChI=1S/C10H14O/c1-4-5-10-8(2)6-7-11-9(10)3/h4-5,8H,1,3,6-7H2,2H3/b10-5-. The van der Waals surface area contributed by atoms with E-state index < -0.39 is 0 Å². The third-order valence-electron chi connectivity index (χ3n) is 1.98. The lowest BCUT2D eigenvalue weighted by atomic mass is 9.94. The van der Waals surface area contributed by atoms with Crippen molar-refractivity contribution in [3.63, 3.8) is 0 Å². The van der Waals surface area contributed by atoms with Crippen LogP contribution in [0.3, 0.4) is 0 Å². The van der Waals surface area contributed by atoms with Crippen LogP contribution in [-0.2, 0) is 4.74 Å². The molecule has 0 amide bonds. The zero-order valence-corrected chi connectivity index (χ0v) is 6.97. The smallest absolute Gasteiger partial charge is 0.115 e. The fourth-order valence-corrected chi connectivity index (χ4v) is 1.26. The van der Waals surface area contributed by atoms with E-state index in [2.05, 4.69) is 20.1 Å². The summed E-state index contributed by atoms with van der Waals surface area (Å²) in [6, 6.07) is 0. The lowest BCUT2D eigenvalue weighted by molar-refractivity contribution is 0.174. The van der Waals surface area contributed by atoms with Gasteiger partial charge in [-0.05, 0) is 17.9 Å². The van der Waals surface area contributed by atoms with Crippen molar-refractivity contribution in [3.8, 4) is 0 Å². The van der Waals surface area contributed by atoms with Crippen molar-refractivity contribution in [1.29, 1.82) is 0 Å². The Balaban J connectivity index is 2.78. The van der Waals surface area contributed by atoms with Crippen molar-refractivity contribution in [2.75, 3.05) is 6.61 Å². The molecule has 1 saturated heterocycles. The lowest BCUT2D eigenvalue weighted by Crippen LogP contribution is -2.14. The summed E-state index contributed by atoms with van der Waals surface area (Å²) in [6.45, 7) is 10.5. The molecule has 1 atom stereocenters. The van der Waals surface area contributed by atoms with Crippen molar-refractivity contribution >= 4 is 0 Å². The number of hydrogen-bond acceptors (Lipinski definition) is 1. The molecule has 0 aromatic rings. The van der Waals surface area contributed by atoms with Crippen LogP contribution in [0.5, 0.6) is 0 Å². The zero-order valence-electron chi connectivity index (χ0n) is 6.97. The second kappa shape index (κ2) is 3.42. The van der Waals surface area contributed by atoms with Gasteiger partial charge < -0.3 is 4.74 Å². The maximum absolute atomic E-state index is 5.30. The molecule has 11 heavy (non-hydrogen) atoms. The van der Waals surface area contributed by atoms with E-state index in [0.29, 0.717) is 5.92 Å². The molecule has 1 aliphatic heterocycles. The molecule has 1 fully saturated rings. The molecule has 1 heterocycles. The van der Waals surface area contributed by atoms with E-state index in [4.69, 9.17) is 4.74 Å². The topological polar surface area (TPSA) is 9.23 Å². The van der Waals surface area contributed by atoms with Gasteiger partial charge in [0.15, 0.2) is 0 Å². The summed E-state index contributed by atoms with van der Waals surface area (Å²) in [4.78, 5) is 0. The maximum atomic E-state index is 5.30. The van der Waals surface area contributed by atoms with Crippen molar-refractivity contribution in [2.24, 2.45) is 5.92 Å². The highest BCUT2D eigenvalue weighted by Gasteiger charge is 2.17. The van der Waals surface area contributed by atoms with Crippen LogP contribution in [0.2, 0.25) is 0 Å². The van der Waals surface area contributed by atoms with Gasteiger partial charge in [-0.2, -0.15) is 0 Å². The first-order chi connectivity index (χ1) is 5.25. The van der Waals surface area contributed by atoms with Gasteiger partial charge in [-0.15, -0.1) is 0 Å². The highest BCUT2D eigenvalue weighted by atomic mass is 16.5. The molecule has 1 rings (SSSR count). The molecule has 0 bridgehead atoms. The van der Waals surface area contributed by atoms with Crippen molar-refractivity contribution < 1.29 is 4.74 Å². The van der Waals surface area contributed by atoms with Crippen LogP contribution in [0.25, 0.3) is 0 Å². The lowest BCUT2D eigenvalue weighted by Gasteiger charge is -2.24. The minimum Gasteiger partial charge on any atom is -0.494 e. The Bertz CT molecular complexity index is 201. The van der Waals surface area contributed by atoms with E-state index >= 15 is 0 Å². The average molecular weight is 150 g/mol. The van der Waals surface area contributed by atoms with Crippen LogP contribution in [-0.4, -0.2) is 6.61 Å². The average Bonchev–Trinajstić information content (AvgIpc) is 1.97. The Kier molecular flexibility index (Phi) is 2.53. The quantitative estimate of drug-likeness (QED) is 0.558. The van der Waals surface area contributed by atoms with E-state index in [1.54, 1.807) is 6.08 Å². The summed E-state index contributed by atoms with van der Waals surface area (Å²) in [7, 11) is 0. The van der Waals surface area contributed by atoms with Gasteiger partial charge in [0.1, 0.15) is 5.76 Å². The summed E-state index contributed by atoms with van der Waals surface area (Å²) >= 11 is 0. The molecular formula is C10H14O. The Morgan fingerprint density at radius 3 is 2.91 bits per heavy atom. The van der Waals surface area contributed by atoms with E-state index in [0.717, 1.165) is 18.8 Å². The largest absolute Gasteiger partial charge is 0.494 e. The monoisotopic (exact) mass is 150 g/mol. The normalized spacial score (nSPS) is 28.3. The van der Waals surface area contributed by atoms with Crippen LogP contribution in [0.1, 0.15) is 13.3 Å². The van der Waals surface area contributed by atoms with Crippen LogP contribution in [0.15, 0.2) is 36.6 Å². The van der Waals surface area contributed by atoms with Crippen molar-refractivity contribution in [3.05, 3.63) is 36.6 Å². The first-order valence-electron chi connectivity index (χ1n) is 3.90. The summed E-state index contributed by atoms with van der Waals surface area (Å²) in [5.74, 6) is 1.37. The predicted molar refractivity (Wildman–Crippen MR) is 47.2 cm³/mol. The Labute approximate surface area is 68.1 Å². The summed E-state index contributed by atoms with van der Waals surface area (Å²) in [5, 5.41) is 0. The van der Waals surface area contributed by atoms with Gasteiger partial charge in [0.2, 0.25) is 0 Å². The number of ether oxygens (including phenoxy) is 1. The zero-order chi connectivity index (χ0) is 8.27. The summed E-state index contributed by atoms with van der Waals surface area (Å²) in [5.41, 5.74) is 1.19. The minimum absolute atomic E-state index is 0.564. The molecule has 0 radical (unpaired) electrons. The number of hydrogen-bond donors (Lipinski definition) is 0. The van der Waals surface area contributed by atoms with E-state index in [-0.39, 0.29) is 0 Å². The third kappa shape index (κ3) is 1.73. The molecule has 0 spiro atoms. The van der Waals surface area contributed by atoms with Crippen LogP contribution in [0.4, 0.5) is 0 Å². The molecule has 1 heteroatoms. The van der Waals surface area contributed by atoms with E-state index in [1.165, 1.54) is 5.57 Å². The minimum atomic E-state index is 0.564. The highest BCUT2D eigenvalue weighted by molar-refractivity contribution is 5.30. The van der Waals surface area contributed by atoms with Gasteiger partial charge in [0.05, 0.1) is 6.61 Å². The van der Waals surface area contributed by atoms with E-state index in [9.17, 15) is 0 Å². The predicted octanol–water partition coefficient (Wildman–Crippen LogP) is 2.67. The fourth-order valence-electron chi connectivity index (χ4n) is 1.26. The Morgan fingerprint density at radius 1 is 1.64 bits per heavy atom. The Hall–Kier alpha value is -0.980. The van der Waals surface area contributed by atoms with Crippen molar-refractivity contribution in [2.45, 2.75) is 13.3 Å². The van der Waals surface area contributed by atoms with Crippen LogP contribution < -0.4 is 0 Å². The molecule has 1 nitrogen and oxygen atoms in total. The van der Waals surface area contributed by atoms with Gasteiger partial charge >= 0.3 is 0 Å². The Morgan fingerprint density at radius 2 is 2.36 bits per heavy atom. The molecule has 0 aromatic carbocycles. The molecule has 1 unspecified atom stereocenters. The molecular weight excluding hydrogens is 136 g/mol. The van der Waals surface area contributed by atoms with Crippen molar-refractivity contribution in [1.82, 2.24) is 0 Å². The molecule has 0 saturated carbocycles. The molecule has 0 aromatic heterocycles. The summed E-state index contributed by atoms with van der Waals surface area (Å²) < 4.78 is 5.30. The molecule has 60 valence electrons. The second-order valence-corrected chi connectivity index (χ2v) is 2.82. The molecule has 0 aliphatic carbocycles. The third-order valence-corrected chi connectivity index (χ3v) is 1.98. The van der Waals surface area contributed by atoms with E-state index in [1.807, 2.05) is 6.08 Å². The highest BCUT2D eigenvalue weighted by Crippen LogP contribution is 2.27. The summed E-state index contributed by atoms with van der Waals surface area (Å²) in [6.07, 6.45) is 4.84. The van der Waals surface area contributed by atoms with Gasteiger partial charge in [0.25, 0.3) is 0 Å². The first-order valence-corrected chi connectivity index (χ1v) is 3.90. The van der Waals surface area contributed by atoms with Gasteiger partial charge in [-0.3, -0.25) is 0 Å². The SMILES string of the molecule is C=C/C=C1\C(=C)OCCC1C. The fraction of sp³-hybridized carbons (Fsp3) is 0.400. The molecule has 1 aliphatic rings. The first kappa shape index (κ1) is 8.12. The number of allylic oxidation sites excluding steroid dienone is 3. The second-order valence-electron chi connectivity index (χ2n) is 2.82. The van der Waals surface area contributed by atoms with Gasteiger partial charge in [0, 0.05) is 0 Å². The van der Waals surface area contributed by atoms with Crippen LogP contribution >= 0.6 is 0 Å². The van der Waals surface area contributed by atoms with Gasteiger partial charge in [-0.25, -0.2) is 0 Å². The van der Waals surface area contributed by atoms with Gasteiger partial charge in [-0.1, -0.05) is 32.2 Å². The molecule has 0 N–H and O–H groups in total. The van der Waals surface area contributed by atoms with Crippen LogP contribution in [0, 0.1) is 5.92 Å².